The highest BCUT2D eigenvalue weighted by molar-refractivity contribution is 5.87. The third-order valence-electron chi connectivity index (χ3n) is 4.91. The average Bonchev–Trinajstić information content (AvgIpc) is 2.59. The van der Waals surface area contributed by atoms with Gasteiger partial charge in [0.1, 0.15) is 0 Å². The molecule has 1 aliphatic rings. The Hall–Kier alpha value is -1.59. The molecule has 5 nitrogen and oxygen atoms in total. The molecule has 140 valence electrons. The molecular weight excluding hydrogens is 338 g/mol. The zero-order valence-electron chi connectivity index (χ0n) is 15.3. The van der Waals surface area contributed by atoms with Crippen molar-refractivity contribution in [1.82, 2.24) is 10.2 Å². The molecule has 2 rings (SSSR count). The molecule has 0 radical (unpaired) electrons. The SMILES string of the molecule is Cc1ccccc1C1CCN(C(=O)CNC(=O)[C@@H](N)C(C)C)CC1.Cl. The molecule has 0 unspecified atom stereocenters. The number of nitrogens with one attached hydrogen (secondary N) is 1. The normalized spacial score (nSPS) is 16.3. The number of nitrogens with two attached hydrogens (primary N) is 1. The Balaban J connectivity index is 0.00000312. The molecule has 1 fully saturated rings. The van der Waals surface area contributed by atoms with Crippen molar-refractivity contribution in [2.75, 3.05) is 19.6 Å². The second kappa shape index (κ2) is 9.78. The number of aryl methyl sites for hydroxylation is 1. The largest absolute Gasteiger partial charge is 0.346 e. The minimum absolute atomic E-state index is 0. The van der Waals surface area contributed by atoms with Crippen LogP contribution in [0.1, 0.15) is 43.7 Å². The van der Waals surface area contributed by atoms with Crippen molar-refractivity contribution >= 4 is 24.2 Å². The molecule has 2 amide bonds. The Bertz CT molecular complexity index is 584. The lowest BCUT2D eigenvalue weighted by atomic mass is 9.87. The molecule has 6 heteroatoms. The van der Waals surface area contributed by atoms with Crippen molar-refractivity contribution in [3.63, 3.8) is 0 Å². The highest BCUT2D eigenvalue weighted by atomic mass is 35.5. The van der Waals surface area contributed by atoms with E-state index in [1.54, 1.807) is 0 Å². The van der Waals surface area contributed by atoms with Crippen LogP contribution < -0.4 is 11.1 Å². The molecule has 1 heterocycles. The zero-order chi connectivity index (χ0) is 17.7. The van der Waals surface area contributed by atoms with Gasteiger partial charge in [-0.3, -0.25) is 9.59 Å². The molecule has 0 aromatic heterocycles. The van der Waals surface area contributed by atoms with Crippen molar-refractivity contribution in [1.29, 1.82) is 0 Å². The number of carbonyl (C=O) groups is 2. The van der Waals surface area contributed by atoms with Gasteiger partial charge in [-0.25, -0.2) is 0 Å². The molecule has 0 bridgehead atoms. The predicted octanol–water partition coefficient (Wildman–Crippen LogP) is 2.22. The molecule has 1 aliphatic heterocycles. The molecule has 1 aromatic rings. The third kappa shape index (κ3) is 5.72. The van der Waals surface area contributed by atoms with E-state index >= 15 is 0 Å². The fraction of sp³-hybridized carbons (Fsp3) is 0.579. The second-order valence-corrected chi connectivity index (χ2v) is 7.00. The van der Waals surface area contributed by atoms with Crippen LogP contribution in [-0.2, 0) is 9.59 Å². The number of halogens is 1. The van der Waals surface area contributed by atoms with Crippen LogP contribution in [-0.4, -0.2) is 42.4 Å². The summed E-state index contributed by atoms with van der Waals surface area (Å²) in [5, 5.41) is 2.66. The molecule has 0 aliphatic carbocycles. The summed E-state index contributed by atoms with van der Waals surface area (Å²) in [5.74, 6) is 0.292. The summed E-state index contributed by atoms with van der Waals surface area (Å²) in [5.41, 5.74) is 8.49. The number of benzene rings is 1. The predicted molar refractivity (Wildman–Crippen MR) is 103 cm³/mol. The van der Waals surface area contributed by atoms with Crippen molar-refractivity contribution in [3.8, 4) is 0 Å². The quantitative estimate of drug-likeness (QED) is 0.837. The van der Waals surface area contributed by atoms with Crippen molar-refractivity contribution in [2.24, 2.45) is 11.7 Å². The van der Waals surface area contributed by atoms with Gasteiger partial charge in [-0.15, -0.1) is 12.4 Å². The molecule has 3 N–H and O–H groups in total. The first kappa shape index (κ1) is 21.5. The van der Waals surface area contributed by atoms with E-state index in [4.69, 9.17) is 5.73 Å². The van der Waals surface area contributed by atoms with Gasteiger partial charge in [0.05, 0.1) is 12.6 Å². The lowest BCUT2D eigenvalue weighted by Crippen LogP contribution is -2.49. The number of likely N-dealkylation sites (tertiary alicyclic amines) is 1. The summed E-state index contributed by atoms with van der Waals surface area (Å²) in [4.78, 5) is 26.0. The van der Waals surface area contributed by atoms with Crippen LogP contribution >= 0.6 is 12.4 Å². The van der Waals surface area contributed by atoms with Gasteiger partial charge in [-0.2, -0.15) is 0 Å². The lowest BCUT2D eigenvalue weighted by molar-refractivity contribution is -0.134. The molecule has 25 heavy (non-hydrogen) atoms. The fourth-order valence-electron chi connectivity index (χ4n) is 3.18. The highest BCUT2D eigenvalue weighted by Crippen LogP contribution is 2.29. The molecule has 1 aromatic carbocycles. The Morgan fingerprint density at radius 3 is 2.40 bits per heavy atom. The minimum atomic E-state index is -0.565. The zero-order valence-corrected chi connectivity index (χ0v) is 16.1. The number of nitrogens with zero attached hydrogens (tertiary/aromatic N) is 1. The summed E-state index contributed by atoms with van der Waals surface area (Å²) in [6.45, 7) is 7.44. The molecule has 0 spiro atoms. The van der Waals surface area contributed by atoms with E-state index in [0.29, 0.717) is 5.92 Å². The van der Waals surface area contributed by atoms with Gasteiger partial charge in [0, 0.05) is 13.1 Å². The lowest BCUT2D eigenvalue weighted by Gasteiger charge is -2.33. The molecule has 0 saturated carbocycles. The first-order chi connectivity index (χ1) is 11.4. The van der Waals surface area contributed by atoms with Gasteiger partial charge in [-0.05, 0) is 42.7 Å². The number of rotatable bonds is 5. The number of piperidine rings is 1. The number of amides is 2. The average molecular weight is 368 g/mol. The van der Waals surface area contributed by atoms with Crippen LogP contribution in [0.25, 0.3) is 0 Å². The highest BCUT2D eigenvalue weighted by Gasteiger charge is 2.25. The van der Waals surface area contributed by atoms with Gasteiger partial charge < -0.3 is 16.0 Å². The van der Waals surface area contributed by atoms with Gasteiger partial charge in [0.2, 0.25) is 11.8 Å². The summed E-state index contributed by atoms with van der Waals surface area (Å²) >= 11 is 0. The number of hydrogen-bond acceptors (Lipinski definition) is 3. The van der Waals surface area contributed by atoms with Crippen LogP contribution in [0.2, 0.25) is 0 Å². The van der Waals surface area contributed by atoms with E-state index < -0.39 is 6.04 Å². The number of hydrogen-bond donors (Lipinski definition) is 2. The second-order valence-electron chi connectivity index (χ2n) is 7.00. The fourth-order valence-corrected chi connectivity index (χ4v) is 3.18. The third-order valence-corrected chi connectivity index (χ3v) is 4.91. The Morgan fingerprint density at radius 2 is 1.84 bits per heavy atom. The molecule has 1 saturated heterocycles. The van der Waals surface area contributed by atoms with Crippen LogP contribution in [0.15, 0.2) is 24.3 Å². The van der Waals surface area contributed by atoms with E-state index in [1.807, 2.05) is 18.7 Å². The number of carbonyl (C=O) groups excluding carboxylic acids is 2. The van der Waals surface area contributed by atoms with E-state index in [0.717, 1.165) is 25.9 Å². The van der Waals surface area contributed by atoms with E-state index in [-0.39, 0.29) is 36.7 Å². The monoisotopic (exact) mass is 367 g/mol. The van der Waals surface area contributed by atoms with Gasteiger partial charge in [0.15, 0.2) is 0 Å². The minimum Gasteiger partial charge on any atom is -0.346 e. The Labute approximate surface area is 156 Å². The first-order valence-corrected chi connectivity index (χ1v) is 8.76. The summed E-state index contributed by atoms with van der Waals surface area (Å²) < 4.78 is 0. The molecule has 1 atom stereocenters. The summed E-state index contributed by atoms with van der Waals surface area (Å²) in [6.07, 6.45) is 1.94. The van der Waals surface area contributed by atoms with Crippen LogP contribution in [0, 0.1) is 12.8 Å². The smallest absolute Gasteiger partial charge is 0.241 e. The maximum atomic E-state index is 12.3. The van der Waals surface area contributed by atoms with Crippen LogP contribution in [0.3, 0.4) is 0 Å². The van der Waals surface area contributed by atoms with Gasteiger partial charge in [-0.1, -0.05) is 38.1 Å². The Morgan fingerprint density at radius 1 is 1.24 bits per heavy atom. The first-order valence-electron chi connectivity index (χ1n) is 8.76. The van der Waals surface area contributed by atoms with Crippen molar-refractivity contribution < 1.29 is 9.59 Å². The standard InChI is InChI=1S/C19H29N3O2.ClH/c1-13(2)18(20)19(24)21-12-17(23)22-10-8-15(9-11-22)16-7-5-4-6-14(16)3;/h4-7,13,15,18H,8-12,20H2,1-3H3,(H,21,24);1H/t18-;/m0./s1. The Kier molecular flexibility index (Phi) is 8.39. The maximum Gasteiger partial charge on any atom is 0.241 e. The summed E-state index contributed by atoms with van der Waals surface area (Å²) in [7, 11) is 0. The molecular formula is C19H30ClN3O2. The summed E-state index contributed by atoms with van der Waals surface area (Å²) in [6, 6.07) is 7.89. The van der Waals surface area contributed by atoms with Crippen molar-refractivity contribution in [2.45, 2.75) is 45.6 Å². The van der Waals surface area contributed by atoms with E-state index in [9.17, 15) is 9.59 Å². The van der Waals surface area contributed by atoms with E-state index in [2.05, 4.69) is 36.5 Å². The van der Waals surface area contributed by atoms with Gasteiger partial charge in [0.25, 0.3) is 0 Å². The van der Waals surface area contributed by atoms with Crippen molar-refractivity contribution in [3.05, 3.63) is 35.4 Å². The van der Waals surface area contributed by atoms with Crippen LogP contribution in [0.4, 0.5) is 0 Å². The maximum absolute atomic E-state index is 12.3. The van der Waals surface area contributed by atoms with Crippen LogP contribution in [0.5, 0.6) is 0 Å². The van der Waals surface area contributed by atoms with Gasteiger partial charge >= 0.3 is 0 Å². The van der Waals surface area contributed by atoms with E-state index in [1.165, 1.54) is 11.1 Å². The topological polar surface area (TPSA) is 75.4 Å².